The lowest BCUT2D eigenvalue weighted by atomic mass is 10.1. The molecule has 0 aliphatic carbocycles. The Hall–Kier alpha value is -4.31. The minimum absolute atomic E-state index is 0.0944. The summed E-state index contributed by atoms with van der Waals surface area (Å²) in [5.74, 6) is 0.450. The van der Waals surface area contributed by atoms with Gasteiger partial charge in [-0.05, 0) is 44.0 Å². The molecule has 2 aliphatic rings. The van der Waals surface area contributed by atoms with Gasteiger partial charge in [0.1, 0.15) is 18.5 Å². The van der Waals surface area contributed by atoms with E-state index < -0.39 is 0 Å². The van der Waals surface area contributed by atoms with Crippen molar-refractivity contribution in [1.29, 1.82) is 0 Å². The highest BCUT2D eigenvalue weighted by Gasteiger charge is 2.26. The van der Waals surface area contributed by atoms with Crippen molar-refractivity contribution >= 4 is 33.5 Å². The van der Waals surface area contributed by atoms with Crippen LogP contribution in [0.4, 0.5) is 5.82 Å². The van der Waals surface area contributed by atoms with Crippen LogP contribution < -0.4 is 15.2 Å². The largest absolute Gasteiger partial charge is 0.462 e. The third-order valence-corrected chi connectivity index (χ3v) is 7.74. The van der Waals surface area contributed by atoms with Crippen molar-refractivity contribution in [2.45, 2.75) is 18.9 Å². The van der Waals surface area contributed by atoms with Crippen LogP contribution in [0, 0.1) is 0 Å². The average molecular weight is 526 g/mol. The van der Waals surface area contributed by atoms with Gasteiger partial charge in [0, 0.05) is 37.6 Å². The number of carbonyl (C=O) groups is 1. The third kappa shape index (κ3) is 4.72. The van der Waals surface area contributed by atoms with E-state index in [-0.39, 0.29) is 29.0 Å². The number of rotatable bonds is 6. The van der Waals surface area contributed by atoms with Crippen molar-refractivity contribution in [3.8, 4) is 11.7 Å². The van der Waals surface area contributed by atoms with Gasteiger partial charge in [0.25, 0.3) is 5.56 Å². The molecule has 0 saturated carbocycles. The SMILES string of the molecule is C=CC(=O)N1CCN(c2nc(OC[C@@H]3CCCN3C)nc3c(=O)n(-c4cccc5ccccc45)cnc23)CC1. The second kappa shape index (κ2) is 10.5. The first-order valence-electron chi connectivity index (χ1n) is 13.3. The maximum atomic E-state index is 13.9. The third-order valence-electron chi connectivity index (χ3n) is 7.74. The molecule has 4 heterocycles. The molecule has 2 aliphatic heterocycles. The van der Waals surface area contributed by atoms with Crippen LogP contribution in [0.15, 0.2) is 66.2 Å². The van der Waals surface area contributed by atoms with Crippen molar-refractivity contribution in [3.05, 3.63) is 71.8 Å². The summed E-state index contributed by atoms with van der Waals surface area (Å²) >= 11 is 0. The molecule has 2 fully saturated rings. The molecule has 2 saturated heterocycles. The Kier molecular flexibility index (Phi) is 6.70. The summed E-state index contributed by atoms with van der Waals surface area (Å²) in [5.41, 5.74) is 1.07. The Labute approximate surface area is 226 Å². The lowest BCUT2D eigenvalue weighted by Crippen LogP contribution is -2.48. The molecule has 0 unspecified atom stereocenters. The zero-order chi connectivity index (χ0) is 26.9. The molecule has 200 valence electrons. The van der Waals surface area contributed by atoms with Gasteiger partial charge in [0.2, 0.25) is 5.91 Å². The number of benzene rings is 2. The van der Waals surface area contributed by atoms with E-state index in [9.17, 15) is 9.59 Å². The first-order valence-corrected chi connectivity index (χ1v) is 13.3. The van der Waals surface area contributed by atoms with E-state index in [0.29, 0.717) is 44.1 Å². The number of ether oxygens (including phenoxy) is 1. The monoisotopic (exact) mass is 525 g/mol. The number of nitrogens with zero attached hydrogens (tertiary/aromatic N) is 7. The molecule has 0 radical (unpaired) electrons. The number of likely N-dealkylation sites (N-methyl/N-ethyl adjacent to an activating group) is 1. The molecule has 10 heteroatoms. The van der Waals surface area contributed by atoms with Crippen molar-refractivity contribution in [2.75, 3.05) is 51.3 Å². The number of aromatic nitrogens is 4. The van der Waals surface area contributed by atoms with Gasteiger partial charge in [-0.2, -0.15) is 9.97 Å². The summed E-state index contributed by atoms with van der Waals surface area (Å²) in [6.45, 7) is 7.20. The summed E-state index contributed by atoms with van der Waals surface area (Å²) in [4.78, 5) is 46.1. The Balaban J connectivity index is 1.43. The Morgan fingerprint density at radius 1 is 1.05 bits per heavy atom. The molecule has 39 heavy (non-hydrogen) atoms. The van der Waals surface area contributed by atoms with Gasteiger partial charge >= 0.3 is 6.01 Å². The molecule has 2 aromatic heterocycles. The average Bonchev–Trinajstić information content (AvgIpc) is 3.40. The predicted octanol–water partition coefficient (Wildman–Crippen LogP) is 2.64. The lowest BCUT2D eigenvalue weighted by molar-refractivity contribution is -0.126. The molecule has 10 nitrogen and oxygen atoms in total. The van der Waals surface area contributed by atoms with Crippen molar-refractivity contribution in [2.24, 2.45) is 0 Å². The summed E-state index contributed by atoms with van der Waals surface area (Å²) in [7, 11) is 2.09. The van der Waals surface area contributed by atoms with Crippen LogP contribution in [-0.2, 0) is 4.79 Å². The molecule has 6 rings (SSSR count). The number of hydrogen-bond acceptors (Lipinski definition) is 8. The van der Waals surface area contributed by atoms with Gasteiger partial charge in [-0.25, -0.2) is 4.98 Å². The first kappa shape index (κ1) is 25.0. The van der Waals surface area contributed by atoms with Crippen LogP contribution >= 0.6 is 0 Å². The minimum atomic E-state index is -0.289. The molecule has 1 amide bonds. The van der Waals surface area contributed by atoms with Gasteiger partial charge < -0.3 is 19.4 Å². The number of fused-ring (bicyclic) bond motifs is 2. The summed E-state index contributed by atoms with van der Waals surface area (Å²) in [6, 6.07) is 14.2. The van der Waals surface area contributed by atoms with Crippen LogP contribution in [0.1, 0.15) is 12.8 Å². The molecular formula is C29H31N7O3. The maximum absolute atomic E-state index is 13.9. The molecule has 0 bridgehead atoms. The fraction of sp³-hybridized carbons (Fsp3) is 0.345. The number of carbonyl (C=O) groups excluding carboxylic acids is 1. The predicted molar refractivity (Wildman–Crippen MR) is 151 cm³/mol. The van der Waals surface area contributed by atoms with E-state index in [1.54, 1.807) is 11.2 Å². The van der Waals surface area contributed by atoms with Gasteiger partial charge in [-0.1, -0.05) is 43.0 Å². The minimum Gasteiger partial charge on any atom is -0.462 e. The Morgan fingerprint density at radius 2 is 1.85 bits per heavy atom. The van der Waals surface area contributed by atoms with Gasteiger partial charge in [0.15, 0.2) is 11.3 Å². The van der Waals surface area contributed by atoms with Crippen molar-refractivity contribution < 1.29 is 9.53 Å². The van der Waals surface area contributed by atoms with Crippen LogP contribution in [0.5, 0.6) is 6.01 Å². The van der Waals surface area contributed by atoms with E-state index in [1.165, 1.54) is 10.6 Å². The Bertz CT molecular complexity index is 1600. The number of hydrogen-bond donors (Lipinski definition) is 0. The second-order valence-electron chi connectivity index (χ2n) is 10.0. The summed E-state index contributed by atoms with van der Waals surface area (Å²) in [5, 5.41) is 1.98. The number of anilines is 1. The zero-order valence-electron chi connectivity index (χ0n) is 22.0. The van der Waals surface area contributed by atoms with Gasteiger partial charge in [-0.15, -0.1) is 0 Å². The quantitative estimate of drug-likeness (QED) is 0.355. The van der Waals surface area contributed by atoms with E-state index in [1.807, 2.05) is 47.4 Å². The standard InChI is InChI=1S/C29H31N7O3/c1-3-24(37)34-14-16-35(17-15-34)27-25-26(31-29(32-27)39-18-21-10-7-13-33(21)2)28(38)36(19-30-25)23-12-6-9-20-8-4-5-11-22(20)23/h3-6,8-9,11-12,19,21H,1,7,10,13-18H2,2H3/t21-/m0/s1. The van der Waals surface area contributed by atoms with Crippen LogP contribution in [0.3, 0.4) is 0 Å². The fourth-order valence-corrected chi connectivity index (χ4v) is 5.48. The number of amides is 1. The van der Waals surface area contributed by atoms with Gasteiger partial charge in [0.05, 0.1) is 5.69 Å². The normalized spacial score (nSPS) is 18.1. The van der Waals surface area contributed by atoms with E-state index in [0.717, 1.165) is 35.8 Å². The smallest absolute Gasteiger partial charge is 0.319 e. The number of likely N-dealkylation sites (tertiary alicyclic amines) is 1. The number of piperazine rings is 1. The molecule has 2 aromatic carbocycles. The summed E-state index contributed by atoms with van der Waals surface area (Å²) < 4.78 is 7.64. The maximum Gasteiger partial charge on any atom is 0.319 e. The lowest BCUT2D eigenvalue weighted by Gasteiger charge is -2.35. The highest BCUT2D eigenvalue weighted by atomic mass is 16.5. The van der Waals surface area contributed by atoms with Crippen LogP contribution in [-0.4, -0.2) is 87.6 Å². The molecule has 4 aromatic rings. The molecular weight excluding hydrogens is 494 g/mol. The van der Waals surface area contributed by atoms with Crippen LogP contribution in [0.2, 0.25) is 0 Å². The highest BCUT2D eigenvalue weighted by molar-refractivity contribution is 5.91. The Morgan fingerprint density at radius 3 is 2.62 bits per heavy atom. The first-order chi connectivity index (χ1) is 19.0. The second-order valence-corrected chi connectivity index (χ2v) is 10.0. The zero-order valence-corrected chi connectivity index (χ0v) is 22.0. The van der Waals surface area contributed by atoms with Crippen LogP contribution in [0.25, 0.3) is 27.5 Å². The van der Waals surface area contributed by atoms with E-state index in [4.69, 9.17) is 14.7 Å². The van der Waals surface area contributed by atoms with Crippen molar-refractivity contribution in [3.63, 3.8) is 0 Å². The molecule has 0 N–H and O–H groups in total. The highest BCUT2D eigenvalue weighted by Crippen LogP contribution is 2.26. The van der Waals surface area contributed by atoms with Gasteiger partial charge in [-0.3, -0.25) is 14.2 Å². The fourth-order valence-electron chi connectivity index (χ4n) is 5.48. The molecule has 1 atom stereocenters. The van der Waals surface area contributed by atoms with E-state index in [2.05, 4.69) is 23.5 Å². The summed E-state index contributed by atoms with van der Waals surface area (Å²) in [6.07, 6.45) is 5.05. The van der Waals surface area contributed by atoms with E-state index >= 15 is 0 Å². The molecule has 0 spiro atoms. The van der Waals surface area contributed by atoms with Crippen molar-refractivity contribution in [1.82, 2.24) is 29.3 Å². The topological polar surface area (TPSA) is 96.7 Å².